The van der Waals surface area contributed by atoms with E-state index in [1.54, 1.807) is 4.90 Å². The molecule has 1 N–H and O–H groups in total. The molecule has 0 bridgehead atoms. The average Bonchev–Trinajstić information content (AvgIpc) is 3.35. The Kier molecular flexibility index (Phi) is 7.57. The number of morpholine rings is 1. The van der Waals surface area contributed by atoms with Crippen molar-refractivity contribution in [3.63, 3.8) is 0 Å². The van der Waals surface area contributed by atoms with Gasteiger partial charge in [0.25, 0.3) is 0 Å². The van der Waals surface area contributed by atoms with E-state index in [4.69, 9.17) is 9.47 Å². The number of nitrogens with one attached hydrogen (secondary N) is 1. The van der Waals surface area contributed by atoms with Crippen LogP contribution in [0, 0.1) is 5.92 Å². The lowest BCUT2D eigenvalue weighted by atomic mass is 9.97. The minimum absolute atomic E-state index is 0.0416. The second-order valence-corrected chi connectivity index (χ2v) is 8.40. The number of ether oxygens (including phenoxy) is 2. The summed E-state index contributed by atoms with van der Waals surface area (Å²) in [4.78, 5) is 17.2. The minimum Gasteiger partial charge on any atom is -0.381 e. The predicted octanol–water partition coefficient (Wildman–Crippen LogP) is 3.23. The molecule has 0 aromatic heterocycles. The standard InChI is InChI=1S/C25H33N3O3/c1-27(18-21-9-5-6-10-23(21)20-7-3-2-4-8-20)25(29)26-17-24(22-11-14-31-19-22)28-12-15-30-16-13-28/h2-10,22,24H,11-19H2,1H3,(H,26,29). The molecule has 6 nitrogen and oxygen atoms in total. The third-order valence-electron chi connectivity index (χ3n) is 6.34. The average molecular weight is 424 g/mol. The van der Waals surface area contributed by atoms with E-state index in [1.165, 1.54) is 5.56 Å². The van der Waals surface area contributed by atoms with Crippen molar-refractivity contribution in [2.24, 2.45) is 5.92 Å². The quantitative estimate of drug-likeness (QED) is 0.743. The van der Waals surface area contributed by atoms with Crippen LogP contribution >= 0.6 is 0 Å². The summed E-state index contributed by atoms with van der Waals surface area (Å²) in [6.45, 7) is 6.13. The normalized spacial score (nSPS) is 20.4. The first-order valence-corrected chi connectivity index (χ1v) is 11.2. The maximum atomic E-state index is 12.9. The summed E-state index contributed by atoms with van der Waals surface area (Å²) in [6, 6.07) is 18.9. The van der Waals surface area contributed by atoms with E-state index in [9.17, 15) is 4.79 Å². The second-order valence-electron chi connectivity index (χ2n) is 8.40. The zero-order valence-corrected chi connectivity index (χ0v) is 18.3. The number of hydrogen-bond donors (Lipinski definition) is 1. The van der Waals surface area contributed by atoms with E-state index >= 15 is 0 Å². The Bertz CT molecular complexity index is 833. The van der Waals surface area contributed by atoms with Crippen molar-refractivity contribution in [2.45, 2.75) is 19.0 Å². The molecule has 0 radical (unpaired) electrons. The number of amides is 2. The molecule has 166 valence electrons. The molecule has 6 heteroatoms. The van der Waals surface area contributed by atoms with Crippen LogP contribution in [0.4, 0.5) is 4.79 Å². The minimum atomic E-state index is -0.0416. The highest BCUT2D eigenvalue weighted by atomic mass is 16.5. The number of hydrogen-bond acceptors (Lipinski definition) is 4. The van der Waals surface area contributed by atoms with Gasteiger partial charge >= 0.3 is 6.03 Å². The number of rotatable bonds is 7. The first-order chi connectivity index (χ1) is 15.2. The van der Waals surface area contributed by atoms with Gasteiger partial charge in [-0.2, -0.15) is 0 Å². The molecule has 2 aromatic carbocycles. The molecular weight excluding hydrogens is 390 g/mol. The van der Waals surface area contributed by atoms with E-state index in [2.05, 4.69) is 34.5 Å². The summed E-state index contributed by atoms with van der Waals surface area (Å²) in [5, 5.41) is 3.19. The zero-order valence-electron chi connectivity index (χ0n) is 18.3. The van der Waals surface area contributed by atoms with Crippen molar-refractivity contribution in [1.82, 2.24) is 15.1 Å². The Balaban J connectivity index is 1.38. The monoisotopic (exact) mass is 423 g/mol. The van der Waals surface area contributed by atoms with Crippen molar-refractivity contribution < 1.29 is 14.3 Å². The summed E-state index contributed by atoms with van der Waals surface area (Å²) >= 11 is 0. The second kappa shape index (κ2) is 10.8. The van der Waals surface area contributed by atoms with Gasteiger partial charge < -0.3 is 19.7 Å². The van der Waals surface area contributed by atoms with Crippen LogP contribution < -0.4 is 5.32 Å². The Labute approximate surface area is 185 Å². The van der Waals surface area contributed by atoms with Crippen molar-refractivity contribution in [3.8, 4) is 11.1 Å². The van der Waals surface area contributed by atoms with Crippen molar-refractivity contribution in [1.29, 1.82) is 0 Å². The molecular formula is C25H33N3O3. The van der Waals surface area contributed by atoms with Crippen molar-refractivity contribution in [2.75, 3.05) is 53.1 Å². The lowest BCUT2D eigenvalue weighted by Crippen LogP contribution is -2.53. The first kappa shape index (κ1) is 21.8. The Hall–Kier alpha value is -2.41. The number of carbonyl (C=O) groups excluding carboxylic acids is 1. The fraction of sp³-hybridized carbons (Fsp3) is 0.480. The van der Waals surface area contributed by atoms with Crippen LogP contribution in [0.3, 0.4) is 0 Å². The molecule has 0 aliphatic carbocycles. The molecule has 2 unspecified atom stereocenters. The molecule has 2 aromatic rings. The van der Waals surface area contributed by atoms with Crippen LogP contribution in [0.1, 0.15) is 12.0 Å². The van der Waals surface area contributed by atoms with Gasteiger partial charge in [-0.25, -0.2) is 4.79 Å². The van der Waals surface area contributed by atoms with Crippen molar-refractivity contribution in [3.05, 3.63) is 60.2 Å². The van der Waals surface area contributed by atoms with Gasteiger partial charge in [-0.05, 0) is 23.1 Å². The fourth-order valence-electron chi connectivity index (χ4n) is 4.57. The fourth-order valence-corrected chi connectivity index (χ4v) is 4.57. The molecule has 0 saturated carbocycles. The maximum absolute atomic E-state index is 12.9. The van der Waals surface area contributed by atoms with Gasteiger partial charge in [0.15, 0.2) is 0 Å². The molecule has 4 rings (SSSR count). The maximum Gasteiger partial charge on any atom is 0.317 e. The number of urea groups is 1. The molecule has 2 aliphatic rings. The summed E-state index contributed by atoms with van der Waals surface area (Å²) in [7, 11) is 1.86. The predicted molar refractivity (Wildman–Crippen MR) is 122 cm³/mol. The number of benzene rings is 2. The molecule has 2 aliphatic heterocycles. The van der Waals surface area contributed by atoms with Crippen LogP contribution in [-0.4, -0.2) is 75.0 Å². The Morgan fingerprint density at radius 2 is 1.81 bits per heavy atom. The molecule has 31 heavy (non-hydrogen) atoms. The van der Waals surface area contributed by atoms with Gasteiger partial charge in [0, 0.05) is 51.8 Å². The third kappa shape index (κ3) is 5.64. The zero-order chi connectivity index (χ0) is 21.5. The van der Waals surface area contributed by atoms with Crippen LogP contribution in [0.2, 0.25) is 0 Å². The molecule has 2 atom stereocenters. The van der Waals surface area contributed by atoms with Gasteiger partial charge in [0.05, 0.1) is 19.8 Å². The SMILES string of the molecule is CN(Cc1ccccc1-c1ccccc1)C(=O)NCC(C1CCOC1)N1CCOCC1. The van der Waals surface area contributed by atoms with Crippen LogP contribution in [0.15, 0.2) is 54.6 Å². The highest BCUT2D eigenvalue weighted by Crippen LogP contribution is 2.25. The number of nitrogens with zero attached hydrogens (tertiary/aromatic N) is 2. The molecule has 2 amide bonds. The summed E-state index contributed by atoms with van der Waals surface area (Å²) in [5.74, 6) is 0.461. The van der Waals surface area contributed by atoms with Crippen molar-refractivity contribution >= 4 is 6.03 Å². The van der Waals surface area contributed by atoms with Crippen LogP contribution in [0.25, 0.3) is 11.1 Å². The van der Waals surface area contributed by atoms with Crippen LogP contribution in [0.5, 0.6) is 0 Å². The van der Waals surface area contributed by atoms with Gasteiger partial charge in [-0.1, -0.05) is 54.6 Å². The number of carbonyl (C=O) groups is 1. The molecule has 0 spiro atoms. The van der Waals surface area contributed by atoms with Gasteiger partial charge in [0.2, 0.25) is 0 Å². The first-order valence-electron chi connectivity index (χ1n) is 11.2. The van der Waals surface area contributed by atoms with E-state index in [0.29, 0.717) is 25.0 Å². The van der Waals surface area contributed by atoms with E-state index < -0.39 is 0 Å². The molecule has 2 fully saturated rings. The highest BCUT2D eigenvalue weighted by molar-refractivity contribution is 5.75. The van der Waals surface area contributed by atoms with Crippen LogP contribution in [-0.2, 0) is 16.0 Å². The topological polar surface area (TPSA) is 54.0 Å². The Morgan fingerprint density at radius 1 is 1.06 bits per heavy atom. The molecule has 2 saturated heterocycles. The van der Waals surface area contributed by atoms with Gasteiger partial charge in [0.1, 0.15) is 0 Å². The smallest absolute Gasteiger partial charge is 0.317 e. The van der Waals surface area contributed by atoms with E-state index in [-0.39, 0.29) is 6.03 Å². The largest absolute Gasteiger partial charge is 0.381 e. The highest BCUT2D eigenvalue weighted by Gasteiger charge is 2.32. The lowest BCUT2D eigenvalue weighted by Gasteiger charge is -2.37. The molecule has 2 heterocycles. The lowest BCUT2D eigenvalue weighted by molar-refractivity contribution is 0.00190. The van der Waals surface area contributed by atoms with Gasteiger partial charge in [-0.3, -0.25) is 4.90 Å². The van der Waals surface area contributed by atoms with Gasteiger partial charge in [-0.15, -0.1) is 0 Å². The summed E-state index contributed by atoms with van der Waals surface area (Å²) < 4.78 is 11.2. The Morgan fingerprint density at radius 3 is 2.55 bits per heavy atom. The van der Waals surface area contributed by atoms with E-state index in [1.807, 2.05) is 37.4 Å². The third-order valence-corrected chi connectivity index (χ3v) is 6.34. The summed E-state index contributed by atoms with van der Waals surface area (Å²) in [6.07, 6.45) is 1.05. The summed E-state index contributed by atoms with van der Waals surface area (Å²) in [5.41, 5.74) is 3.47. The van der Waals surface area contributed by atoms with E-state index in [0.717, 1.165) is 57.1 Å².